The summed E-state index contributed by atoms with van der Waals surface area (Å²) in [7, 11) is 0. The Morgan fingerprint density at radius 3 is 1.97 bits per heavy atom. The quantitative estimate of drug-likeness (QED) is 0.526. The molecule has 0 aromatic heterocycles. The van der Waals surface area contributed by atoms with Crippen LogP contribution in [0, 0.1) is 5.92 Å². The first-order valence-electron chi connectivity index (χ1n) is 10.9. The highest BCUT2D eigenvalue weighted by atomic mass is 16.2. The highest BCUT2D eigenvalue weighted by Crippen LogP contribution is 2.22. The van der Waals surface area contributed by atoms with Crippen LogP contribution in [0.5, 0.6) is 0 Å². The second kappa shape index (κ2) is 10.4. The van der Waals surface area contributed by atoms with E-state index in [0.717, 1.165) is 22.6 Å². The molecular weight excluding hydrogens is 398 g/mol. The smallest absolute Gasteiger partial charge is 0.246 e. The number of hydrogen-bond acceptors (Lipinski definition) is 3. The van der Waals surface area contributed by atoms with Crippen LogP contribution >= 0.6 is 0 Å². The third kappa shape index (κ3) is 5.85. The molecule has 1 fully saturated rings. The van der Waals surface area contributed by atoms with Gasteiger partial charge in [-0.15, -0.1) is 0 Å². The molecule has 0 aliphatic carbocycles. The maximum Gasteiger partial charge on any atom is 0.246 e. The summed E-state index contributed by atoms with van der Waals surface area (Å²) in [5.74, 6) is -0.0748. The predicted molar refractivity (Wildman–Crippen MR) is 130 cm³/mol. The molecule has 162 valence electrons. The van der Waals surface area contributed by atoms with Crippen molar-refractivity contribution >= 4 is 35.0 Å². The normalized spacial score (nSPS) is 14.3. The van der Waals surface area contributed by atoms with Crippen LogP contribution in [-0.2, 0) is 9.59 Å². The largest absolute Gasteiger partial charge is 0.356 e. The number of amides is 2. The van der Waals surface area contributed by atoms with Crippen molar-refractivity contribution in [3.63, 3.8) is 0 Å². The highest BCUT2D eigenvalue weighted by Gasteiger charge is 2.26. The molecule has 1 aliphatic heterocycles. The van der Waals surface area contributed by atoms with Crippen LogP contribution in [0.2, 0.25) is 0 Å². The molecule has 1 aliphatic rings. The van der Waals surface area contributed by atoms with Crippen molar-refractivity contribution in [2.24, 2.45) is 5.92 Å². The first-order valence-corrected chi connectivity index (χ1v) is 10.9. The third-order valence-electron chi connectivity index (χ3n) is 5.61. The highest BCUT2D eigenvalue weighted by molar-refractivity contribution is 5.94. The summed E-state index contributed by atoms with van der Waals surface area (Å²) in [5.41, 5.74) is 3.76. The SMILES string of the molecule is O=C(Nc1ccc(Nc2ccccc2)cc1)C1CCN(C(=O)/C=C/c2ccccc2)CC1. The van der Waals surface area contributed by atoms with Crippen molar-refractivity contribution in [3.8, 4) is 0 Å². The monoisotopic (exact) mass is 425 g/mol. The van der Waals surface area contributed by atoms with E-state index in [4.69, 9.17) is 0 Å². The number of piperidine rings is 1. The second-order valence-corrected chi connectivity index (χ2v) is 7.90. The molecular formula is C27H27N3O2. The fourth-order valence-electron chi connectivity index (χ4n) is 3.77. The van der Waals surface area contributed by atoms with E-state index in [1.54, 1.807) is 6.08 Å². The van der Waals surface area contributed by atoms with Crippen molar-refractivity contribution in [3.05, 3.63) is 96.6 Å². The van der Waals surface area contributed by atoms with Crippen LogP contribution in [0.4, 0.5) is 17.1 Å². The van der Waals surface area contributed by atoms with Gasteiger partial charge in [-0.25, -0.2) is 0 Å². The Bertz CT molecular complexity index is 1060. The van der Waals surface area contributed by atoms with Gasteiger partial charge in [-0.1, -0.05) is 48.5 Å². The third-order valence-corrected chi connectivity index (χ3v) is 5.61. The number of carbonyl (C=O) groups excluding carboxylic acids is 2. The molecule has 1 saturated heterocycles. The van der Waals surface area contributed by atoms with E-state index in [1.807, 2.05) is 95.9 Å². The molecule has 1 heterocycles. The Morgan fingerprint density at radius 2 is 1.31 bits per heavy atom. The van der Waals surface area contributed by atoms with Crippen LogP contribution in [0.25, 0.3) is 6.08 Å². The minimum atomic E-state index is -0.0840. The van der Waals surface area contributed by atoms with E-state index >= 15 is 0 Å². The number of nitrogens with one attached hydrogen (secondary N) is 2. The van der Waals surface area contributed by atoms with Gasteiger partial charge in [0.15, 0.2) is 0 Å². The summed E-state index contributed by atoms with van der Waals surface area (Å²) in [5, 5.41) is 6.34. The Labute approximate surface area is 188 Å². The zero-order valence-corrected chi connectivity index (χ0v) is 17.9. The first-order chi connectivity index (χ1) is 15.7. The van der Waals surface area contributed by atoms with Crippen LogP contribution in [0.15, 0.2) is 91.0 Å². The van der Waals surface area contributed by atoms with Gasteiger partial charge in [-0.3, -0.25) is 9.59 Å². The first kappa shape index (κ1) is 21.4. The summed E-state index contributed by atoms with van der Waals surface area (Å²) in [6.45, 7) is 1.19. The van der Waals surface area contributed by atoms with E-state index in [-0.39, 0.29) is 17.7 Å². The van der Waals surface area contributed by atoms with Gasteiger partial charge >= 0.3 is 0 Å². The zero-order chi connectivity index (χ0) is 22.2. The average Bonchev–Trinajstić information content (AvgIpc) is 2.85. The number of nitrogens with zero attached hydrogens (tertiary/aromatic N) is 1. The van der Waals surface area contributed by atoms with Crippen LogP contribution in [-0.4, -0.2) is 29.8 Å². The Kier molecular flexibility index (Phi) is 6.98. The molecule has 0 bridgehead atoms. The number of benzene rings is 3. The molecule has 0 unspecified atom stereocenters. The Balaban J connectivity index is 1.24. The summed E-state index contributed by atoms with van der Waals surface area (Å²) < 4.78 is 0. The number of likely N-dealkylation sites (tertiary alicyclic amines) is 1. The number of anilines is 3. The zero-order valence-electron chi connectivity index (χ0n) is 17.9. The lowest BCUT2D eigenvalue weighted by atomic mass is 9.95. The lowest BCUT2D eigenvalue weighted by molar-refractivity contribution is -0.130. The second-order valence-electron chi connectivity index (χ2n) is 7.90. The molecule has 4 rings (SSSR count). The number of carbonyl (C=O) groups is 2. The van der Waals surface area contributed by atoms with Gasteiger partial charge in [0.1, 0.15) is 0 Å². The number of para-hydroxylation sites is 1. The van der Waals surface area contributed by atoms with Crippen LogP contribution < -0.4 is 10.6 Å². The van der Waals surface area contributed by atoms with Gasteiger partial charge in [0, 0.05) is 42.1 Å². The van der Waals surface area contributed by atoms with Crippen molar-refractivity contribution in [1.82, 2.24) is 4.90 Å². The lowest BCUT2D eigenvalue weighted by Gasteiger charge is -2.30. The molecule has 2 N–H and O–H groups in total. The van der Waals surface area contributed by atoms with Crippen LogP contribution in [0.1, 0.15) is 18.4 Å². The topological polar surface area (TPSA) is 61.4 Å². The van der Waals surface area contributed by atoms with Gasteiger partial charge in [0.05, 0.1) is 0 Å². The average molecular weight is 426 g/mol. The molecule has 0 saturated carbocycles. The van der Waals surface area contributed by atoms with E-state index in [0.29, 0.717) is 25.9 Å². The summed E-state index contributed by atoms with van der Waals surface area (Å²) >= 11 is 0. The van der Waals surface area contributed by atoms with E-state index < -0.39 is 0 Å². The van der Waals surface area contributed by atoms with Gasteiger partial charge < -0.3 is 15.5 Å². The molecule has 32 heavy (non-hydrogen) atoms. The number of rotatable bonds is 6. The molecule has 3 aromatic carbocycles. The summed E-state index contributed by atoms with van der Waals surface area (Å²) in [4.78, 5) is 26.9. The Hall–Kier alpha value is -3.86. The molecule has 0 spiro atoms. The summed E-state index contributed by atoms with van der Waals surface area (Å²) in [6.07, 6.45) is 4.78. The standard InChI is InChI=1S/C27H27N3O2/c31-26(16-11-21-7-3-1-4-8-21)30-19-17-22(18-20-30)27(32)29-25-14-12-24(13-15-25)28-23-9-5-2-6-10-23/h1-16,22,28H,17-20H2,(H,29,32)/b16-11+. The van der Waals surface area contributed by atoms with E-state index in [1.165, 1.54) is 0 Å². The molecule has 5 nitrogen and oxygen atoms in total. The summed E-state index contributed by atoms with van der Waals surface area (Å²) in [6, 6.07) is 27.4. The fraction of sp³-hybridized carbons (Fsp3) is 0.185. The van der Waals surface area contributed by atoms with Gasteiger partial charge in [-0.2, -0.15) is 0 Å². The van der Waals surface area contributed by atoms with Crippen molar-refractivity contribution in [1.29, 1.82) is 0 Å². The maximum atomic E-state index is 12.7. The molecule has 0 radical (unpaired) electrons. The number of hydrogen-bond donors (Lipinski definition) is 2. The van der Waals surface area contributed by atoms with Crippen LogP contribution in [0.3, 0.4) is 0 Å². The van der Waals surface area contributed by atoms with E-state index in [9.17, 15) is 9.59 Å². The fourth-order valence-corrected chi connectivity index (χ4v) is 3.77. The van der Waals surface area contributed by atoms with Gasteiger partial charge in [0.2, 0.25) is 11.8 Å². The van der Waals surface area contributed by atoms with E-state index in [2.05, 4.69) is 10.6 Å². The Morgan fingerprint density at radius 1 is 0.750 bits per heavy atom. The molecule has 0 atom stereocenters. The predicted octanol–water partition coefficient (Wildman–Crippen LogP) is 5.32. The lowest BCUT2D eigenvalue weighted by Crippen LogP contribution is -2.40. The van der Waals surface area contributed by atoms with Crippen molar-refractivity contribution in [2.45, 2.75) is 12.8 Å². The van der Waals surface area contributed by atoms with Gasteiger partial charge in [0.25, 0.3) is 0 Å². The van der Waals surface area contributed by atoms with Crippen molar-refractivity contribution < 1.29 is 9.59 Å². The van der Waals surface area contributed by atoms with Crippen molar-refractivity contribution in [2.75, 3.05) is 23.7 Å². The van der Waals surface area contributed by atoms with Gasteiger partial charge in [-0.05, 0) is 60.9 Å². The molecule has 5 heteroatoms. The molecule has 2 amide bonds. The molecule has 3 aromatic rings. The minimum Gasteiger partial charge on any atom is -0.356 e. The maximum absolute atomic E-state index is 12.7. The minimum absolute atomic E-state index is 0.00536.